The maximum absolute atomic E-state index is 13.8. The number of benzene rings is 4. The van der Waals surface area contributed by atoms with Crippen molar-refractivity contribution in [3.8, 4) is 40.2 Å². The van der Waals surface area contributed by atoms with Crippen LogP contribution in [0.25, 0.3) is 0 Å². The summed E-state index contributed by atoms with van der Waals surface area (Å²) in [6.45, 7) is 1.46. The molecule has 2 aliphatic rings. The predicted octanol–water partition coefficient (Wildman–Crippen LogP) is 7.08. The predicted molar refractivity (Wildman–Crippen MR) is 186 cm³/mol. The van der Waals surface area contributed by atoms with Gasteiger partial charge in [-0.3, -0.25) is 4.90 Å². The van der Waals surface area contributed by atoms with Crippen molar-refractivity contribution in [2.75, 3.05) is 62.7 Å². The van der Waals surface area contributed by atoms with Crippen LogP contribution in [0.5, 0.6) is 40.2 Å². The van der Waals surface area contributed by atoms with E-state index in [2.05, 4.69) is 36.2 Å². The molecule has 0 bridgehead atoms. The molecule has 0 spiro atoms. The summed E-state index contributed by atoms with van der Waals surface area (Å²) in [6, 6.07) is 22.3. The first-order chi connectivity index (χ1) is 23.2. The van der Waals surface area contributed by atoms with Crippen LogP contribution in [0.15, 0.2) is 66.7 Å². The standard InChI is InChI=1S/C39H46N2O7/c1-40-16-14-27-21-35(44-4)37(46-6)23-30(27)32(40)18-25-8-11-29(12-9-25)48-39-20-26(10-13-34(39)43-3)19-33-31-24-38(47-7)36(45-5)22-28(31)15-17-41(33,2)42/h8-13,20-24,32-33H,14-19H2,1-7H3/t32-,33+,41-/m0/s1. The van der Waals surface area contributed by atoms with E-state index in [1.165, 1.54) is 16.7 Å². The van der Waals surface area contributed by atoms with E-state index in [-0.39, 0.29) is 16.7 Å². The molecule has 9 heteroatoms. The van der Waals surface area contributed by atoms with Gasteiger partial charge in [0.1, 0.15) is 11.8 Å². The Morgan fingerprint density at radius 1 is 0.646 bits per heavy atom. The molecule has 0 aromatic heterocycles. The summed E-state index contributed by atoms with van der Waals surface area (Å²) >= 11 is 0. The summed E-state index contributed by atoms with van der Waals surface area (Å²) < 4.78 is 34.0. The van der Waals surface area contributed by atoms with E-state index in [0.717, 1.165) is 47.6 Å². The molecule has 0 radical (unpaired) electrons. The van der Waals surface area contributed by atoms with Gasteiger partial charge in [0.05, 0.1) is 49.1 Å². The first kappa shape index (κ1) is 33.5. The van der Waals surface area contributed by atoms with Crippen LogP contribution in [-0.4, -0.2) is 72.3 Å². The Morgan fingerprint density at radius 3 is 1.83 bits per heavy atom. The first-order valence-corrected chi connectivity index (χ1v) is 16.4. The second-order valence-electron chi connectivity index (χ2n) is 12.9. The lowest BCUT2D eigenvalue weighted by Gasteiger charge is -2.49. The van der Waals surface area contributed by atoms with Gasteiger partial charge in [0, 0.05) is 31.0 Å². The summed E-state index contributed by atoms with van der Waals surface area (Å²) in [5.41, 5.74) is 6.88. The average Bonchev–Trinajstić information content (AvgIpc) is 3.10. The van der Waals surface area contributed by atoms with E-state index >= 15 is 0 Å². The molecule has 254 valence electrons. The Bertz CT molecular complexity index is 1750. The molecule has 2 heterocycles. The maximum atomic E-state index is 13.8. The zero-order chi connectivity index (χ0) is 34.0. The van der Waals surface area contributed by atoms with E-state index in [1.807, 2.05) is 42.5 Å². The number of hydrogen-bond acceptors (Lipinski definition) is 8. The molecule has 0 fully saturated rings. The van der Waals surface area contributed by atoms with Crippen molar-refractivity contribution >= 4 is 0 Å². The molecule has 6 rings (SSSR count). The fraction of sp³-hybridized carbons (Fsp3) is 0.385. The normalized spacial score (nSPS) is 20.3. The maximum Gasteiger partial charge on any atom is 0.169 e. The van der Waals surface area contributed by atoms with Crippen molar-refractivity contribution in [1.82, 2.24) is 4.90 Å². The van der Waals surface area contributed by atoms with Crippen molar-refractivity contribution in [3.05, 3.63) is 105 Å². The molecule has 9 nitrogen and oxygen atoms in total. The third-order valence-corrected chi connectivity index (χ3v) is 10.00. The highest BCUT2D eigenvalue weighted by molar-refractivity contribution is 5.52. The fourth-order valence-electron chi connectivity index (χ4n) is 7.17. The topological polar surface area (TPSA) is 81.7 Å². The monoisotopic (exact) mass is 654 g/mol. The summed E-state index contributed by atoms with van der Waals surface area (Å²) in [5.74, 6) is 4.77. The summed E-state index contributed by atoms with van der Waals surface area (Å²) in [7, 11) is 12.2. The van der Waals surface area contributed by atoms with Gasteiger partial charge >= 0.3 is 0 Å². The van der Waals surface area contributed by atoms with Crippen LogP contribution in [0, 0.1) is 5.21 Å². The lowest BCUT2D eigenvalue weighted by atomic mass is 9.88. The van der Waals surface area contributed by atoms with Crippen LogP contribution in [0.3, 0.4) is 0 Å². The molecule has 0 saturated carbocycles. The minimum absolute atomic E-state index is 0.216. The minimum atomic E-state index is -0.368. The van der Waals surface area contributed by atoms with Gasteiger partial charge in [-0.2, -0.15) is 0 Å². The summed E-state index contributed by atoms with van der Waals surface area (Å²) in [6.07, 6.45) is 3.05. The van der Waals surface area contributed by atoms with Crippen molar-refractivity contribution in [3.63, 3.8) is 0 Å². The van der Waals surface area contributed by atoms with Crippen LogP contribution in [-0.2, 0) is 25.7 Å². The highest BCUT2D eigenvalue weighted by Crippen LogP contribution is 2.43. The molecule has 4 aromatic rings. The summed E-state index contributed by atoms with van der Waals surface area (Å²) in [5, 5.41) is 13.8. The zero-order valence-corrected chi connectivity index (χ0v) is 29.0. The Labute approximate surface area is 283 Å². The molecular formula is C39H46N2O7. The van der Waals surface area contributed by atoms with Crippen molar-refractivity contribution < 1.29 is 33.1 Å². The van der Waals surface area contributed by atoms with Crippen LogP contribution in [0.1, 0.15) is 45.5 Å². The highest BCUT2D eigenvalue weighted by Gasteiger charge is 2.35. The van der Waals surface area contributed by atoms with Crippen molar-refractivity contribution in [2.24, 2.45) is 0 Å². The first-order valence-electron chi connectivity index (χ1n) is 16.4. The average molecular weight is 655 g/mol. The van der Waals surface area contributed by atoms with Gasteiger partial charge in [-0.1, -0.05) is 18.2 Å². The molecule has 0 amide bonds. The van der Waals surface area contributed by atoms with E-state index in [4.69, 9.17) is 28.4 Å². The van der Waals surface area contributed by atoms with Crippen LogP contribution in [0.4, 0.5) is 0 Å². The summed E-state index contributed by atoms with van der Waals surface area (Å²) in [4.78, 5) is 2.40. The molecule has 48 heavy (non-hydrogen) atoms. The SMILES string of the molecule is COc1cc2c(cc1OC)[C@@H](Cc1ccc(OC)c(Oc3ccc(C[C@H]4c5cc(OC)c(OC)cc5CCN4C)cc3)c1)[N@@+](C)([O-])CC2. The molecule has 0 aliphatic carbocycles. The number of likely N-dealkylation sites (N-methyl/N-ethyl adjacent to an activating group) is 2. The van der Waals surface area contributed by atoms with Gasteiger partial charge < -0.3 is 38.3 Å². The van der Waals surface area contributed by atoms with Crippen molar-refractivity contribution in [2.45, 2.75) is 37.8 Å². The van der Waals surface area contributed by atoms with Crippen LogP contribution in [0.2, 0.25) is 0 Å². The Kier molecular flexibility index (Phi) is 9.73. The third kappa shape index (κ3) is 6.63. The number of ether oxygens (including phenoxy) is 6. The number of quaternary nitrogens is 1. The number of fused-ring (bicyclic) bond motifs is 2. The number of nitrogens with zero attached hydrogens (tertiary/aromatic N) is 2. The van der Waals surface area contributed by atoms with Gasteiger partial charge in [-0.05, 0) is 96.2 Å². The number of hydroxylamine groups is 3. The fourth-order valence-corrected chi connectivity index (χ4v) is 7.17. The smallest absolute Gasteiger partial charge is 0.169 e. The second kappa shape index (κ2) is 14.0. The Hall–Kier alpha value is -4.44. The lowest BCUT2D eigenvalue weighted by Crippen LogP contribution is -2.47. The zero-order valence-electron chi connectivity index (χ0n) is 29.0. The molecule has 0 N–H and O–H groups in total. The van der Waals surface area contributed by atoms with Crippen LogP contribution >= 0.6 is 0 Å². The van der Waals surface area contributed by atoms with Gasteiger partial charge in [-0.25, -0.2) is 0 Å². The van der Waals surface area contributed by atoms with E-state index in [1.54, 1.807) is 42.6 Å². The molecule has 0 unspecified atom stereocenters. The highest BCUT2D eigenvalue weighted by atomic mass is 16.5. The molecule has 2 aliphatic heterocycles. The van der Waals surface area contributed by atoms with Gasteiger partial charge in [0.25, 0.3) is 0 Å². The van der Waals surface area contributed by atoms with E-state index < -0.39 is 0 Å². The molecule has 3 atom stereocenters. The number of hydrogen-bond donors (Lipinski definition) is 0. The number of rotatable bonds is 11. The lowest BCUT2D eigenvalue weighted by molar-refractivity contribution is -0.894. The second-order valence-corrected chi connectivity index (χ2v) is 12.9. The largest absolute Gasteiger partial charge is 0.633 e. The quantitative estimate of drug-likeness (QED) is 0.125. The Balaban J connectivity index is 1.22. The van der Waals surface area contributed by atoms with E-state index in [0.29, 0.717) is 48.1 Å². The van der Waals surface area contributed by atoms with Gasteiger partial charge in [0.2, 0.25) is 0 Å². The minimum Gasteiger partial charge on any atom is -0.633 e. The molecule has 0 saturated heterocycles. The van der Waals surface area contributed by atoms with Gasteiger partial charge in [0.15, 0.2) is 34.5 Å². The Morgan fingerprint density at radius 2 is 1.21 bits per heavy atom. The molecule has 4 aromatic carbocycles. The van der Waals surface area contributed by atoms with E-state index in [9.17, 15) is 5.21 Å². The number of methoxy groups -OCH3 is 5. The molecular weight excluding hydrogens is 608 g/mol. The van der Waals surface area contributed by atoms with Crippen LogP contribution < -0.4 is 28.4 Å². The third-order valence-electron chi connectivity index (χ3n) is 10.00. The van der Waals surface area contributed by atoms with Gasteiger partial charge in [-0.15, -0.1) is 0 Å². The van der Waals surface area contributed by atoms with Crippen molar-refractivity contribution in [1.29, 1.82) is 0 Å².